The Labute approximate surface area is 179 Å². The van der Waals surface area contributed by atoms with Crippen LogP contribution in [0.1, 0.15) is 30.2 Å². The number of fused-ring (bicyclic) bond motifs is 1. The Kier molecular flexibility index (Phi) is 9.13. The van der Waals surface area contributed by atoms with Gasteiger partial charge in [0.2, 0.25) is 0 Å². The first kappa shape index (κ1) is 25.4. The SMILES string of the molecule is CC(C)n1ncc2cc(C(=O)NCC(N3CCNCC3)C(F)(F)F)cnc21.Cl.Cl. The van der Waals surface area contributed by atoms with Gasteiger partial charge in [-0.1, -0.05) is 0 Å². The van der Waals surface area contributed by atoms with Crippen molar-refractivity contribution in [2.45, 2.75) is 32.1 Å². The van der Waals surface area contributed by atoms with Crippen LogP contribution in [0.4, 0.5) is 13.2 Å². The van der Waals surface area contributed by atoms with E-state index in [9.17, 15) is 18.0 Å². The maximum atomic E-state index is 13.4. The number of carbonyl (C=O) groups is 1. The van der Waals surface area contributed by atoms with Crippen molar-refractivity contribution in [1.82, 2.24) is 30.3 Å². The number of amides is 1. The normalized spacial score (nSPS) is 16.2. The van der Waals surface area contributed by atoms with E-state index in [1.165, 1.54) is 11.1 Å². The molecule has 164 valence electrons. The molecular weight excluding hydrogens is 432 g/mol. The van der Waals surface area contributed by atoms with Crippen molar-refractivity contribution in [3.05, 3.63) is 24.0 Å². The quantitative estimate of drug-likeness (QED) is 0.722. The van der Waals surface area contributed by atoms with Crippen LogP contribution >= 0.6 is 24.8 Å². The van der Waals surface area contributed by atoms with E-state index in [4.69, 9.17) is 0 Å². The second-order valence-electron chi connectivity index (χ2n) is 6.87. The Morgan fingerprint density at radius 3 is 2.48 bits per heavy atom. The van der Waals surface area contributed by atoms with Crippen molar-refractivity contribution in [2.75, 3.05) is 32.7 Å². The molecule has 2 aromatic rings. The Morgan fingerprint density at radius 2 is 1.90 bits per heavy atom. The fourth-order valence-electron chi connectivity index (χ4n) is 3.18. The van der Waals surface area contributed by atoms with Crippen LogP contribution in [0.25, 0.3) is 11.0 Å². The van der Waals surface area contributed by atoms with Gasteiger partial charge in [0.15, 0.2) is 5.65 Å². The lowest BCUT2D eigenvalue weighted by atomic mass is 10.2. The number of rotatable bonds is 5. The minimum atomic E-state index is -4.41. The first-order valence-electron chi connectivity index (χ1n) is 8.90. The van der Waals surface area contributed by atoms with E-state index < -0.39 is 24.7 Å². The third-order valence-electron chi connectivity index (χ3n) is 4.61. The number of nitrogens with one attached hydrogen (secondary N) is 2. The third kappa shape index (κ3) is 5.94. The second-order valence-corrected chi connectivity index (χ2v) is 6.87. The molecule has 1 saturated heterocycles. The molecule has 12 heteroatoms. The summed E-state index contributed by atoms with van der Waals surface area (Å²) in [6.45, 7) is 5.02. The largest absolute Gasteiger partial charge is 0.405 e. The van der Waals surface area contributed by atoms with E-state index in [1.807, 2.05) is 13.8 Å². The lowest BCUT2D eigenvalue weighted by molar-refractivity contribution is -0.183. The molecule has 1 amide bonds. The molecule has 0 radical (unpaired) electrons. The Bertz CT molecular complexity index is 808. The number of halogens is 5. The summed E-state index contributed by atoms with van der Waals surface area (Å²) >= 11 is 0. The summed E-state index contributed by atoms with van der Waals surface area (Å²) in [6, 6.07) is 0.00178. The Balaban J connectivity index is 0.00000210. The molecule has 3 rings (SSSR count). The molecule has 3 heterocycles. The predicted molar refractivity (Wildman–Crippen MR) is 109 cm³/mol. The highest BCUT2D eigenvalue weighted by Crippen LogP contribution is 2.25. The van der Waals surface area contributed by atoms with Crippen molar-refractivity contribution in [3.63, 3.8) is 0 Å². The highest BCUT2D eigenvalue weighted by molar-refractivity contribution is 5.96. The summed E-state index contributed by atoms with van der Waals surface area (Å²) < 4.78 is 41.9. The first-order chi connectivity index (χ1) is 12.8. The zero-order chi connectivity index (χ0) is 19.6. The molecule has 0 aliphatic carbocycles. The average Bonchev–Trinajstić information content (AvgIpc) is 3.05. The van der Waals surface area contributed by atoms with Crippen LogP contribution in [0.2, 0.25) is 0 Å². The zero-order valence-electron chi connectivity index (χ0n) is 16.1. The van der Waals surface area contributed by atoms with Gasteiger partial charge in [0.05, 0.1) is 11.8 Å². The molecule has 0 spiro atoms. The van der Waals surface area contributed by atoms with Crippen LogP contribution in [0.15, 0.2) is 18.5 Å². The molecule has 0 saturated carbocycles. The highest BCUT2D eigenvalue weighted by atomic mass is 35.5. The van der Waals surface area contributed by atoms with E-state index in [1.54, 1.807) is 16.9 Å². The third-order valence-corrected chi connectivity index (χ3v) is 4.61. The molecule has 1 unspecified atom stereocenters. The molecule has 2 N–H and O–H groups in total. The summed E-state index contributed by atoms with van der Waals surface area (Å²) in [7, 11) is 0. The number of hydrogen-bond acceptors (Lipinski definition) is 5. The standard InChI is InChI=1S/C17H23F3N6O.2ClH/c1-11(2)26-15-12(9-24-26)7-13(8-22-15)16(27)23-10-14(17(18,19)20)25-5-3-21-4-6-25;;/h7-9,11,14,21H,3-6,10H2,1-2H3,(H,23,27);2*1H. The molecule has 1 atom stereocenters. The maximum absolute atomic E-state index is 13.4. The van der Waals surface area contributed by atoms with Crippen LogP contribution in [-0.4, -0.2) is 70.5 Å². The molecule has 0 bridgehead atoms. The number of piperazine rings is 1. The van der Waals surface area contributed by atoms with Crippen LogP contribution in [0.5, 0.6) is 0 Å². The van der Waals surface area contributed by atoms with E-state index in [0.717, 1.165) is 0 Å². The van der Waals surface area contributed by atoms with Gasteiger partial charge in [-0.2, -0.15) is 18.3 Å². The fraction of sp³-hybridized carbons (Fsp3) is 0.588. The molecular formula is C17H25Cl2F3N6O. The molecule has 2 aromatic heterocycles. The summed E-state index contributed by atoms with van der Waals surface area (Å²) in [5.41, 5.74) is 0.850. The number of pyridine rings is 1. The van der Waals surface area contributed by atoms with Gasteiger partial charge in [0.1, 0.15) is 6.04 Å². The first-order valence-corrected chi connectivity index (χ1v) is 8.90. The van der Waals surface area contributed by atoms with Crippen molar-refractivity contribution in [1.29, 1.82) is 0 Å². The number of carbonyl (C=O) groups excluding carboxylic acids is 1. The lowest BCUT2D eigenvalue weighted by Gasteiger charge is -2.35. The molecule has 1 fully saturated rings. The monoisotopic (exact) mass is 456 g/mol. The van der Waals surface area contributed by atoms with Crippen molar-refractivity contribution in [3.8, 4) is 0 Å². The van der Waals surface area contributed by atoms with Crippen LogP contribution in [-0.2, 0) is 0 Å². The van der Waals surface area contributed by atoms with Gasteiger partial charge in [0, 0.05) is 50.3 Å². The molecule has 0 aromatic carbocycles. The van der Waals surface area contributed by atoms with E-state index in [-0.39, 0.29) is 36.4 Å². The summed E-state index contributed by atoms with van der Waals surface area (Å²) in [6.07, 6.45) is -1.45. The van der Waals surface area contributed by atoms with E-state index >= 15 is 0 Å². The van der Waals surface area contributed by atoms with Gasteiger partial charge in [-0.15, -0.1) is 24.8 Å². The van der Waals surface area contributed by atoms with E-state index in [0.29, 0.717) is 37.2 Å². The van der Waals surface area contributed by atoms with Gasteiger partial charge < -0.3 is 10.6 Å². The lowest BCUT2D eigenvalue weighted by Crippen LogP contribution is -2.57. The van der Waals surface area contributed by atoms with Gasteiger partial charge in [0.25, 0.3) is 5.91 Å². The molecule has 1 aliphatic heterocycles. The number of aromatic nitrogens is 3. The van der Waals surface area contributed by atoms with Gasteiger partial charge in [-0.25, -0.2) is 9.67 Å². The minimum absolute atomic E-state index is 0. The Hall–Kier alpha value is -1.62. The summed E-state index contributed by atoms with van der Waals surface area (Å²) in [4.78, 5) is 18.0. The number of nitrogens with zero attached hydrogens (tertiary/aromatic N) is 4. The maximum Gasteiger partial charge on any atom is 0.405 e. The van der Waals surface area contributed by atoms with Gasteiger partial charge >= 0.3 is 6.18 Å². The van der Waals surface area contributed by atoms with Crippen molar-refractivity contribution >= 4 is 41.8 Å². The zero-order valence-corrected chi connectivity index (χ0v) is 17.7. The van der Waals surface area contributed by atoms with Crippen LogP contribution in [0, 0.1) is 0 Å². The smallest absolute Gasteiger partial charge is 0.350 e. The second kappa shape index (κ2) is 10.4. The van der Waals surface area contributed by atoms with Crippen molar-refractivity contribution in [2.24, 2.45) is 0 Å². The van der Waals surface area contributed by atoms with Crippen LogP contribution in [0.3, 0.4) is 0 Å². The Morgan fingerprint density at radius 1 is 1.24 bits per heavy atom. The summed E-state index contributed by atoms with van der Waals surface area (Å²) in [5, 5.41) is 10.3. The van der Waals surface area contributed by atoms with Gasteiger partial charge in [-0.3, -0.25) is 9.69 Å². The highest BCUT2D eigenvalue weighted by Gasteiger charge is 2.43. The minimum Gasteiger partial charge on any atom is -0.350 e. The molecule has 1 aliphatic rings. The topological polar surface area (TPSA) is 75.1 Å². The summed E-state index contributed by atoms with van der Waals surface area (Å²) in [5.74, 6) is -0.578. The predicted octanol–water partition coefficient (Wildman–Crippen LogP) is 2.42. The fourth-order valence-corrected chi connectivity index (χ4v) is 3.18. The molecule has 7 nitrogen and oxygen atoms in total. The number of hydrogen-bond donors (Lipinski definition) is 2. The van der Waals surface area contributed by atoms with Crippen LogP contribution < -0.4 is 10.6 Å². The van der Waals surface area contributed by atoms with E-state index in [2.05, 4.69) is 20.7 Å². The van der Waals surface area contributed by atoms with Gasteiger partial charge in [-0.05, 0) is 19.9 Å². The number of alkyl halides is 3. The molecule has 29 heavy (non-hydrogen) atoms. The van der Waals surface area contributed by atoms with Crippen molar-refractivity contribution < 1.29 is 18.0 Å². The average molecular weight is 457 g/mol.